The summed E-state index contributed by atoms with van der Waals surface area (Å²) < 4.78 is 0. The highest BCUT2D eigenvalue weighted by Gasteiger charge is 2.35. The van der Waals surface area contributed by atoms with E-state index in [1.165, 1.54) is 0 Å². The second kappa shape index (κ2) is 6.89. The van der Waals surface area contributed by atoms with Crippen LogP contribution in [-0.2, 0) is 17.9 Å². The van der Waals surface area contributed by atoms with Gasteiger partial charge in [-0.2, -0.15) is 0 Å². The number of benzene rings is 1. The highest BCUT2D eigenvalue weighted by molar-refractivity contribution is 5.85. The van der Waals surface area contributed by atoms with Crippen molar-refractivity contribution in [3.8, 4) is 0 Å². The normalized spacial score (nSPS) is 21.8. The third kappa shape index (κ3) is 3.93. The Kier molecular flexibility index (Phi) is 5.79. The van der Waals surface area contributed by atoms with Gasteiger partial charge in [-0.1, -0.05) is 24.3 Å². The van der Waals surface area contributed by atoms with Crippen molar-refractivity contribution in [2.24, 2.45) is 5.41 Å². The number of carbonyl (C=O) groups excluding carboxylic acids is 1. The minimum atomic E-state index is -0.283. The number of hydrogen-bond donors (Lipinski definition) is 3. The van der Waals surface area contributed by atoms with Crippen molar-refractivity contribution in [1.82, 2.24) is 10.6 Å². The van der Waals surface area contributed by atoms with Gasteiger partial charge in [-0.05, 0) is 31.0 Å². The Morgan fingerprint density at radius 3 is 2.84 bits per heavy atom. The number of hydrogen-bond acceptors (Lipinski definition) is 3. The topological polar surface area (TPSA) is 61.4 Å². The predicted octanol–water partition coefficient (Wildman–Crippen LogP) is 1.22. The van der Waals surface area contributed by atoms with E-state index in [0.29, 0.717) is 6.54 Å². The molecule has 1 unspecified atom stereocenters. The zero-order valence-electron chi connectivity index (χ0n) is 11.1. The molecule has 106 valence electrons. The van der Waals surface area contributed by atoms with E-state index in [9.17, 15) is 4.79 Å². The van der Waals surface area contributed by atoms with E-state index in [-0.39, 0.29) is 30.3 Å². The molecule has 1 aromatic carbocycles. The maximum absolute atomic E-state index is 12.1. The van der Waals surface area contributed by atoms with E-state index >= 15 is 0 Å². The zero-order chi connectivity index (χ0) is 13.0. The summed E-state index contributed by atoms with van der Waals surface area (Å²) in [5.74, 6) is 0.0990. The van der Waals surface area contributed by atoms with Gasteiger partial charge in [0.15, 0.2) is 0 Å². The number of nitrogens with one attached hydrogen (secondary N) is 2. The van der Waals surface area contributed by atoms with Gasteiger partial charge in [0.05, 0.1) is 12.0 Å². The molecule has 0 aromatic heterocycles. The molecule has 2 rings (SSSR count). The first kappa shape index (κ1) is 16.0. The molecule has 1 atom stereocenters. The monoisotopic (exact) mass is 284 g/mol. The highest BCUT2D eigenvalue weighted by atomic mass is 35.5. The van der Waals surface area contributed by atoms with Crippen LogP contribution in [0.15, 0.2) is 24.3 Å². The number of aliphatic hydroxyl groups excluding tert-OH is 1. The molecule has 1 saturated heterocycles. The molecule has 1 aliphatic rings. The fourth-order valence-corrected chi connectivity index (χ4v) is 2.24. The summed E-state index contributed by atoms with van der Waals surface area (Å²) in [6, 6.07) is 7.63. The molecule has 0 aliphatic carbocycles. The molecular weight excluding hydrogens is 264 g/mol. The van der Waals surface area contributed by atoms with Crippen LogP contribution in [0.1, 0.15) is 24.5 Å². The third-order valence-corrected chi connectivity index (χ3v) is 3.54. The lowest BCUT2D eigenvalue weighted by molar-refractivity contribution is -0.129. The van der Waals surface area contributed by atoms with Gasteiger partial charge in [0.2, 0.25) is 5.91 Å². The van der Waals surface area contributed by atoms with Crippen LogP contribution in [0.5, 0.6) is 0 Å². The number of halogens is 1. The molecule has 1 aromatic rings. The summed E-state index contributed by atoms with van der Waals surface area (Å²) in [6.45, 7) is 4.19. The van der Waals surface area contributed by atoms with E-state index in [1.807, 2.05) is 31.2 Å². The minimum Gasteiger partial charge on any atom is -0.392 e. The van der Waals surface area contributed by atoms with Crippen LogP contribution >= 0.6 is 12.4 Å². The second-order valence-electron chi connectivity index (χ2n) is 5.15. The molecule has 3 N–H and O–H groups in total. The molecule has 1 aliphatic heterocycles. The molecule has 1 heterocycles. The molecule has 0 spiro atoms. The van der Waals surface area contributed by atoms with Gasteiger partial charge in [-0.25, -0.2) is 0 Å². The minimum absolute atomic E-state index is 0. The number of rotatable bonds is 4. The summed E-state index contributed by atoms with van der Waals surface area (Å²) in [6.07, 6.45) is 0.884. The van der Waals surface area contributed by atoms with E-state index in [4.69, 9.17) is 5.11 Å². The van der Waals surface area contributed by atoms with Crippen LogP contribution in [0, 0.1) is 5.41 Å². The average Bonchev–Trinajstić information content (AvgIpc) is 2.84. The second-order valence-corrected chi connectivity index (χ2v) is 5.15. The molecule has 19 heavy (non-hydrogen) atoms. The number of amides is 1. The molecule has 0 bridgehead atoms. The molecule has 0 saturated carbocycles. The van der Waals surface area contributed by atoms with Crippen LogP contribution in [0.3, 0.4) is 0 Å². The van der Waals surface area contributed by atoms with Crippen LogP contribution < -0.4 is 10.6 Å². The maximum Gasteiger partial charge on any atom is 0.227 e. The van der Waals surface area contributed by atoms with E-state index in [1.54, 1.807) is 0 Å². The maximum atomic E-state index is 12.1. The quantitative estimate of drug-likeness (QED) is 0.779. The lowest BCUT2D eigenvalue weighted by atomic mass is 9.89. The van der Waals surface area contributed by atoms with Crippen molar-refractivity contribution in [3.05, 3.63) is 35.4 Å². The Labute approximate surface area is 120 Å². The van der Waals surface area contributed by atoms with E-state index in [2.05, 4.69) is 10.6 Å². The van der Waals surface area contributed by atoms with Gasteiger partial charge in [0, 0.05) is 13.1 Å². The standard InChI is InChI=1S/C14H20N2O2.ClH/c1-14(5-6-15-10-14)13(18)16-8-11-3-2-4-12(7-11)9-17;/h2-4,7,15,17H,5-6,8-10H2,1H3,(H,16,18);1H. The van der Waals surface area contributed by atoms with Crippen LogP contribution in [0.4, 0.5) is 0 Å². The van der Waals surface area contributed by atoms with E-state index < -0.39 is 0 Å². The van der Waals surface area contributed by atoms with Gasteiger partial charge >= 0.3 is 0 Å². The summed E-state index contributed by atoms with van der Waals surface area (Å²) in [5, 5.41) is 15.2. The van der Waals surface area contributed by atoms with Gasteiger partial charge < -0.3 is 15.7 Å². The van der Waals surface area contributed by atoms with Crippen molar-refractivity contribution in [3.63, 3.8) is 0 Å². The summed E-state index contributed by atoms with van der Waals surface area (Å²) >= 11 is 0. The Bertz CT molecular complexity index is 431. The lowest BCUT2D eigenvalue weighted by Gasteiger charge is -2.21. The van der Waals surface area contributed by atoms with Crippen molar-refractivity contribution >= 4 is 18.3 Å². The molecular formula is C14H21ClN2O2. The highest BCUT2D eigenvalue weighted by Crippen LogP contribution is 2.24. The predicted molar refractivity (Wildman–Crippen MR) is 77.1 cm³/mol. The summed E-state index contributed by atoms with van der Waals surface area (Å²) in [5.41, 5.74) is 1.61. The molecule has 1 amide bonds. The van der Waals surface area contributed by atoms with Crippen molar-refractivity contribution in [2.45, 2.75) is 26.5 Å². The van der Waals surface area contributed by atoms with Crippen molar-refractivity contribution in [2.75, 3.05) is 13.1 Å². The van der Waals surface area contributed by atoms with Gasteiger partial charge in [0.25, 0.3) is 0 Å². The fourth-order valence-electron chi connectivity index (χ4n) is 2.24. The Hall–Kier alpha value is -1.10. The Balaban J connectivity index is 0.00000180. The largest absolute Gasteiger partial charge is 0.392 e. The first-order valence-electron chi connectivity index (χ1n) is 6.32. The van der Waals surface area contributed by atoms with Crippen LogP contribution in [0.2, 0.25) is 0 Å². The van der Waals surface area contributed by atoms with Crippen LogP contribution in [-0.4, -0.2) is 24.1 Å². The Morgan fingerprint density at radius 1 is 1.47 bits per heavy atom. The SMILES string of the molecule is CC1(C(=O)NCc2cccc(CO)c2)CCNC1.Cl. The molecule has 1 fully saturated rings. The first-order valence-corrected chi connectivity index (χ1v) is 6.32. The smallest absolute Gasteiger partial charge is 0.227 e. The number of carbonyl (C=O) groups is 1. The summed E-state index contributed by atoms with van der Waals surface area (Å²) in [4.78, 5) is 12.1. The average molecular weight is 285 g/mol. The van der Waals surface area contributed by atoms with E-state index in [0.717, 1.165) is 30.6 Å². The molecule has 4 nitrogen and oxygen atoms in total. The summed E-state index contributed by atoms with van der Waals surface area (Å²) in [7, 11) is 0. The third-order valence-electron chi connectivity index (χ3n) is 3.54. The fraction of sp³-hybridized carbons (Fsp3) is 0.500. The van der Waals surface area contributed by atoms with Crippen molar-refractivity contribution < 1.29 is 9.90 Å². The van der Waals surface area contributed by atoms with Crippen molar-refractivity contribution in [1.29, 1.82) is 0 Å². The Morgan fingerprint density at radius 2 is 2.21 bits per heavy atom. The first-order chi connectivity index (χ1) is 8.64. The van der Waals surface area contributed by atoms with Crippen LogP contribution in [0.25, 0.3) is 0 Å². The number of aliphatic hydroxyl groups is 1. The molecule has 0 radical (unpaired) electrons. The van der Waals surface area contributed by atoms with Gasteiger partial charge in [0.1, 0.15) is 0 Å². The molecule has 5 heteroatoms. The van der Waals surface area contributed by atoms with Gasteiger partial charge in [-0.15, -0.1) is 12.4 Å². The lowest BCUT2D eigenvalue weighted by Crippen LogP contribution is -2.40. The van der Waals surface area contributed by atoms with Gasteiger partial charge in [-0.3, -0.25) is 4.79 Å². The zero-order valence-corrected chi connectivity index (χ0v) is 11.9.